The van der Waals surface area contributed by atoms with Gasteiger partial charge in [0.15, 0.2) is 10.9 Å². The van der Waals surface area contributed by atoms with Gasteiger partial charge in [-0.1, -0.05) is 47.1 Å². The molecule has 3 aromatic rings. The van der Waals surface area contributed by atoms with E-state index in [-0.39, 0.29) is 23.1 Å². The molecule has 3 rings (SSSR count). The molecule has 0 unspecified atom stereocenters. The molecule has 0 radical (unpaired) electrons. The maximum Gasteiger partial charge on any atom is 0.262 e. The molecule has 0 bridgehead atoms. The molecule has 0 spiro atoms. The highest BCUT2D eigenvalue weighted by Crippen LogP contribution is 2.25. The fraction of sp³-hybridized carbons (Fsp3) is 0.211. The van der Waals surface area contributed by atoms with Crippen molar-refractivity contribution < 1.29 is 4.79 Å². The Morgan fingerprint density at radius 2 is 1.92 bits per heavy atom. The number of rotatable bonds is 5. The number of para-hydroxylation sites is 1. The second-order valence-corrected chi connectivity index (χ2v) is 7.80. The van der Waals surface area contributed by atoms with Gasteiger partial charge in [-0.25, -0.2) is 4.98 Å². The first-order valence-corrected chi connectivity index (χ1v) is 9.75. The largest absolute Gasteiger partial charge is 0.293 e. The zero-order valence-electron chi connectivity index (χ0n) is 14.2. The number of hydrogen-bond donors (Lipinski definition) is 0. The summed E-state index contributed by atoms with van der Waals surface area (Å²) in [5.74, 6) is -0.0202. The Morgan fingerprint density at radius 3 is 2.62 bits per heavy atom. The van der Waals surface area contributed by atoms with Crippen LogP contribution >= 0.6 is 35.0 Å². The lowest BCUT2D eigenvalue weighted by molar-refractivity contribution is 0.102. The predicted molar refractivity (Wildman–Crippen MR) is 108 cm³/mol. The third-order valence-electron chi connectivity index (χ3n) is 3.86. The molecule has 0 aliphatic rings. The second-order valence-electron chi connectivity index (χ2n) is 6.02. The van der Waals surface area contributed by atoms with Gasteiger partial charge in [-0.15, -0.1) is 0 Å². The maximum atomic E-state index is 12.8. The zero-order valence-corrected chi connectivity index (χ0v) is 16.5. The highest BCUT2D eigenvalue weighted by atomic mass is 35.5. The first-order chi connectivity index (χ1) is 12.4. The molecule has 0 saturated heterocycles. The average Bonchev–Trinajstić information content (AvgIpc) is 2.59. The quantitative estimate of drug-likeness (QED) is 0.329. The van der Waals surface area contributed by atoms with Crippen molar-refractivity contribution in [3.8, 4) is 0 Å². The van der Waals surface area contributed by atoms with E-state index in [9.17, 15) is 9.59 Å². The van der Waals surface area contributed by atoms with Crippen molar-refractivity contribution in [2.24, 2.45) is 0 Å². The Balaban J connectivity index is 1.94. The van der Waals surface area contributed by atoms with E-state index in [0.717, 1.165) is 0 Å². The number of hydrogen-bond acceptors (Lipinski definition) is 4. The molecular formula is C19H16Cl2N2O2S. The van der Waals surface area contributed by atoms with Crippen molar-refractivity contribution in [3.05, 3.63) is 68.4 Å². The summed E-state index contributed by atoms with van der Waals surface area (Å²) in [5.41, 5.74) is 0.918. The van der Waals surface area contributed by atoms with Crippen LogP contribution in [0.3, 0.4) is 0 Å². The number of benzene rings is 2. The van der Waals surface area contributed by atoms with E-state index >= 15 is 0 Å². The van der Waals surface area contributed by atoms with Crippen molar-refractivity contribution >= 4 is 51.6 Å². The summed E-state index contributed by atoms with van der Waals surface area (Å²) in [6.07, 6.45) is 0. The van der Waals surface area contributed by atoms with Gasteiger partial charge in [-0.3, -0.25) is 14.2 Å². The predicted octanol–water partition coefficient (Wildman–Crippen LogP) is 5.26. The summed E-state index contributed by atoms with van der Waals surface area (Å²) in [6, 6.07) is 11.9. The van der Waals surface area contributed by atoms with Crippen LogP contribution < -0.4 is 5.56 Å². The minimum atomic E-state index is -0.144. The van der Waals surface area contributed by atoms with E-state index in [1.54, 1.807) is 34.9 Å². The van der Waals surface area contributed by atoms with Gasteiger partial charge in [0, 0.05) is 16.6 Å². The molecule has 4 nitrogen and oxygen atoms in total. The summed E-state index contributed by atoms with van der Waals surface area (Å²) in [4.78, 5) is 29.9. The number of carbonyl (C=O) groups is 1. The van der Waals surface area contributed by atoms with Gasteiger partial charge in [0.05, 0.1) is 21.7 Å². The van der Waals surface area contributed by atoms with E-state index in [0.29, 0.717) is 31.7 Å². The first kappa shape index (κ1) is 19.0. The first-order valence-electron chi connectivity index (χ1n) is 8.01. The van der Waals surface area contributed by atoms with Crippen molar-refractivity contribution in [1.29, 1.82) is 0 Å². The zero-order chi connectivity index (χ0) is 18.8. The number of ketones is 1. The number of carbonyl (C=O) groups excluding carboxylic acids is 1. The third kappa shape index (κ3) is 3.80. The molecule has 0 atom stereocenters. The van der Waals surface area contributed by atoms with Crippen LogP contribution in [0.2, 0.25) is 10.0 Å². The standard InChI is InChI=1S/C19H16Cl2N2O2S/c1-11(2)23-18(25)14-5-3-4-6-16(14)22-19(23)26-10-17(24)13-8-7-12(20)9-15(13)21/h3-9,11H,10H2,1-2H3. The van der Waals surface area contributed by atoms with Gasteiger partial charge >= 0.3 is 0 Å². The summed E-state index contributed by atoms with van der Waals surface area (Å²) in [5, 5.41) is 1.87. The normalized spacial score (nSPS) is 11.3. The lowest BCUT2D eigenvalue weighted by Crippen LogP contribution is -2.25. The smallest absolute Gasteiger partial charge is 0.262 e. The van der Waals surface area contributed by atoms with E-state index in [1.807, 2.05) is 26.0 Å². The van der Waals surface area contributed by atoms with Gasteiger partial charge in [-0.05, 0) is 44.2 Å². The van der Waals surface area contributed by atoms with Crippen LogP contribution in [0, 0.1) is 0 Å². The van der Waals surface area contributed by atoms with Gasteiger partial charge in [0.2, 0.25) is 0 Å². The van der Waals surface area contributed by atoms with Crippen LogP contribution in [-0.2, 0) is 0 Å². The topological polar surface area (TPSA) is 52.0 Å². The van der Waals surface area contributed by atoms with Crippen molar-refractivity contribution in [2.75, 3.05) is 5.75 Å². The Hall–Kier alpha value is -1.82. The Bertz CT molecular complexity index is 1050. The van der Waals surface area contributed by atoms with Crippen LogP contribution in [-0.4, -0.2) is 21.1 Å². The Kier molecular flexibility index (Phi) is 5.70. The number of halogens is 2. The van der Waals surface area contributed by atoms with E-state index < -0.39 is 0 Å². The Morgan fingerprint density at radius 1 is 1.19 bits per heavy atom. The van der Waals surface area contributed by atoms with E-state index in [4.69, 9.17) is 23.2 Å². The summed E-state index contributed by atoms with van der Waals surface area (Å²) in [7, 11) is 0. The summed E-state index contributed by atoms with van der Waals surface area (Å²) < 4.78 is 1.61. The van der Waals surface area contributed by atoms with E-state index in [2.05, 4.69) is 4.98 Å². The molecule has 1 heterocycles. The Labute approximate surface area is 165 Å². The molecule has 0 amide bonds. The molecule has 1 aromatic heterocycles. The number of aromatic nitrogens is 2. The van der Waals surface area contributed by atoms with E-state index in [1.165, 1.54) is 11.8 Å². The SMILES string of the molecule is CC(C)n1c(SCC(=O)c2ccc(Cl)cc2Cl)nc2ccccc2c1=O. The van der Waals surface area contributed by atoms with Gasteiger partial charge in [0.25, 0.3) is 5.56 Å². The third-order valence-corrected chi connectivity index (χ3v) is 5.36. The highest BCUT2D eigenvalue weighted by molar-refractivity contribution is 7.99. The molecular weight excluding hydrogens is 391 g/mol. The van der Waals surface area contributed by atoms with Crippen molar-refractivity contribution in [1.82, 2.24) is 9.55 Å². The molecule has 0 N–H and O–H groups in total. The van der Waals surface area contributed by atoms with Crippen LogP contribution in [0.5, 0.6) is 0 Å². The average molecular weight is 407 g/mol. The van der Waals surface area contributed by atoms with Crippen LogP contribution in [0.25, 0.3) is 10.9 Å². The highest BCUT2D eigenvalue weighted by Gasteiger charge is 2.17. The maximum absolute atomic E-state index is 12.8. The second kappa shape index (κ2) is 7.82. The summed E-state index contributed by atoms with van der Waals surface area (Å²) >= 11 is 13.2. The molecule has 134 valence electrons. The summed E-state index contributed by atoms with van der Waals surface area (Å²) in [6.45, 7) is 3.83. The number of fused-ring (bicyclic) bond motifs is 1. The number of thioether (sulfide) groups is 1. The van der Waals surface area contributed by atoms with Crippen molar-refractivity contribution in [3.63, 3.8) is 0 Å². The molecule has 0 fully saturated rings. The monoisotopic (exact) mass is 406 g/mol. The molecule has 7 heteroatoms. The number of Topliss-reactive ketones (excluding diaryl/α,β-unsaturated/α-hetero) is 1. The molecule has 0 aliphatic heterocycles. The van der Waals surface area contributed by atoms with Crippen LogP contribution in [0.1, 0.15) is 30.2 Å². The minimum Gasteiger partial charge on any atom is -0.293 e. The number of nitrogens with zero attached hydrogens (tertiary/aromatic N) is 2. The fourth-order valence-electron chi connectivity index (χ4n) is 2.61. The molecule has 2 aromatic carbocycles. The fourth-order valence-corrected chi connectivity index (χ4v) is 4.13. The lowest BCUT2D eigenvalue weighted by Gasteiger charge is -2.16. The lowest BCUT2D eigenvalue weighted by atomic mass is 10.1. The van der Waals surface area contributed by atoms with Gasteiger partial charge in [-0.2, -0.15) is 0 Å². The van der Waals surface area contributed by atoms with Crippen molar-refractivity contribution in [2.45, 2.75) is 25.0 Å². The van der Waals surface area contributed by atoms with Crippen LogP contribution in [0.15, 0.2) is 52.4 Å². The minimum absolute atomic E-state index is 0.0728. The molecule has 0 aliphatic carbocycles. The van der Waals surface area contributed by atoms with Gasteiger partial charge < -0.3 is 0 Å². The molecule has 26 heavy (non-hydrogen) atoms. The van der Waals surface area contributed by atoms with Crippen LogP contribution in [0.4, 0.5) is 0 Å². The van der Waals surface area contributed by atoms with Gasteiger partial charge in [0.1, 0.15) is 0 Å². The molecule has 0 saturated carbocycles.